The molecule has 0 bridgehead atoms. The molecule has 0 aliphatic heterocycles. The van der Waals surface area contributed by atoms with Gasteiger partial charge in [-0.05, 0) is 59.6 Å². The van der Waals surface area contributed by atoms with E-state index < -0.39 is 0 Å². The number of aromatic hydroxyl groups is 2. The Morgan fingerprint density at radius 2 is 1.26 bits per heavy atom. The van der Waals surface area contributed by atoms with Crippen molar-refractivity contribution in [1.82, 2.24) is 0 Å². The van der Waals surface area contributed by atoms with Crippen LogP contribution in [0.4, 0.5) is 0 Å². The molecule has 2 N–H and O–H groups in total. The lowest BCUT2D eigenvalue weighted by Gasteiger charge is -2.55. The van der Waals surface area contributed by atoms with Crippen molar-refractivity contribution in [2.24, 2.45) is 11.3 Å². The van der Waals surface area contributed by atoms with E-state index in [2.05, 4.69) is 45.0 Å². The molecule has 0 aromatic heterocycles. The zero-order valence-electron chi connectivity index (χ0n) is 14.2. The van der Waals surface area contributed by atoms with Gasteiger partial charge in [0.2, 0.25) is 0 Å². The van der Waals surface area contributed by atoms with Gasteiger partial charge in [0.05, 0.1) is 0 Å². The number of hydrogen-bond acceptors (Lipinski definition) is 2. The van der Waals surface area contributed by atoms with Gasteiger partial charge in [-0.15, -0.1) is 0 Å². The fraction of sp³-hybridized carbons (Fsp3) is 0.429. The second kappa shape index (κ2) is 5.59. The molecule has 0 amide bonds. The Morgan fingerprint density at radius 3 is 1.65 bits per heavy atom. The Bertz CT molecular complexity index is 622. The van der Waals surface area contributed by atoms with Gasteiger partial charge in [-0.25, -0.2) is 0 Å². The largest absolute Gasteiger partial charge is 0.508 e. The Hall–Kier alpha value is -1.96. The molecular formula is C21H26O2. The van der Waals surface area contributed by atoms with Crippen LogP contribution in [0.15, 0.2) is 48.5 Å². The van der Waals surface area contributed by atoms with E-state index in [9.17, 15) is 10.2 Å². The first kappa shape index (κ1) is 15.9. The van der Waals surface area contributed by atoms with Crippen LogP contribution < -0.4 is 0 Å². The number of phenolic OH excluding ortho intramolecular Hbond substituents is 2. The predicted molar refractivity (Wildman–Crippen MR) is 93.8 cm³/mol. The summed E-state index contributed by atoms with van der Waals surface area (Å²) in [6, 6.07) is 15.4. The lowest BCUT2D eigenvalue weighted by atomic mass is 9.48. The summed E-state index contributed by atoms with van der Waals surface area (Å²) in [5.41, 5.74) is 2.47. The third-order valence-corrected chi connectivity index (χ3v) is 5.89. The van der Waals surface area contributed by atoms with E-state index in [1.165, 1.54) is 30.4 Å². The van der Waals surface area contributed by atoms with Crippen molar-refractivity contribution >= 4 is 0 Å². The topological polar surface area (TPSA) is 40.5 Å². The Kier molecular flexibility index (Phi) is 3.87. The third-order valence-electron chi connectivity index (χ3n) is 5.89. The molecule has 2 aromatic rings. The van der Waals surface area contributed by atoms with Crippen molar-refractivity contribution in [3.63, 3.8) is 0 Å². The predicted octanol–water partition coefficient (Wildman–Crippen LogP) is 5.23. The fourth-order valence-corrected chi connectivity index (χ4v) is 4.90. The Morgan fingerprint density at radius 1 is 0.826 bits per heavy atom. The van der Waals surface area contributed by atoms with Crippen LogP contribution in [0.2, 0.25) is 0 Å². The molecule has 1 unspecified atom stereocenters. The molecule has 2 nitrogen and oxygen atoms in total. The van der Waals surface area contributed by atoms with E-state index in [1.54, 1.807) is 24.3 Å². The van der Waals surface area contributed by atoms with Crippen LogP contribution in [-0.4, -0.2) is 10.2 Å². The summed E-state index contributed by atoms with van der Waals surface area (Å²) in [4.78, 5) is 0. The maximum Gasteiger partial charge on any atom is 0.115 e. The SMILES string of the molecule is CC1CCCC(C)(C)C1(c1ccc(O)cc1)c1ccc(O)cc1. The minimum Gasteiger partial charge on any atom is -0.508 e. The van der Waals surface area contributed by atoms with Gasteiger partial charge < -0.3 is 10.2 Å². The highest BCUT2D eigenvalue weighted by molar-refractivity contribution is 5.46. The van der Waals surface area contributed by atoms with Gasteiger partial charge in [0.25, 0.3) is 0 Å². The van der Waals surface area contributed by atoms with Crippen LogP contribution in [0.25, 0.3) is 0 Å². The molecule has 0 radical (unpaired) electrons. The van der Waals surface area contributed by atoms with Crippen molar-refractivity contribution in [2.75, 3.05) is 0 Å². The number of rotatable bonds is 2. The standard InChI is InChI=1S/C21H26O2/c1-15-5-4-14-20(2,3)21(15,16-6-10-18(22)11-7-16)17-8-12-19(23)13-9-17/h6-13,15,22-23H,4-5,14H2,1-3H3. The number of hydrogen-bond donors (Lipinski definition) is 2. The highest BCUT2D eigenvalue weighted by Crippen LogP contribution is 2.58. The first-order valence-corrected chi connectivity index (χ1v) is 8.47. The van der Waals surface area contributed by atoms with Gasteiger partial charge in [0.15, 0.2) is 0 Å². The Labute approximate surface area is 138 Å². The highest BCUT2D eigenvalue weighted by Gasteiger charge is 2.52. The second-order valence-electron chi connectivity index (χ2n) is 7.58. The van der Waals surface area contributed by atoms with E-state index in [0.717, 1.165) is 0 Å². The molecule has 0 heterocycles. The first-order chi connectivity index (χ1) is 10.9. The summed E-state index contributed by atoms with van der Waals surface area (Å²) in [7, 11) is 0. The molecule has 1 fully saturated rings. The van der Waals surface area contributed by atoms with Gasteiger partial charge in [-0.1, -0.05) is 51.5 Å². The van der Waals surface area contributed by atoms with Crippen molar-refractivity contribution in [3.8, 4) is 11.5 Å². The van der Waals surface area contributed by atoms with E-state index in [0.29, 0.717) is 17.4 Å². The fourth-order valence-electron chi connectivity index (χ4n) is 4.90. The minimum absolute atomic E-state index is 0.0958. The average Bonchev–Trinajstić information content (AvgIpc) is 2.50. The monoisotopic (exact) mass is 310 g/mol. The Balaban J connectivity index is 2.28. The van der Waals surface area contributed by atoms with Gasteiger partial charge in [-0.3, -0.25) is 0 Å². The summed E-state index contributed by atoms with van der Waals surface area (Å²) in [5, 5.41) is 19.4. The molecule has 2 heteroatoms. The molecule has 1 aliphatic carbocycles. The highest BCUT2D eigenvalue weighted by atomic mass is 16.3. The van der Waals surface area contributed by atoms with Gasteiger partial charge in [0, 0.05) is 5.41 Å². The smallest absolute Gasteiger partial charge is 0.115 e. The molecule has 3 rings (SSSR count). The summed E-state index contributed by atoms with van der Waals surface area (Å²) < 4.78 is 0. The van der Waals surface area contributed by atoms with E-state index in [1.807, 2.05) is 0 Å². The van der Waals surface area contributed by atoms with Gasteiger partial charge >= 0.3 is 0 Å². The van der Waals surface area contributed by atoms with Gasteiger partial charge in [-0.2, -0.15) is 0 Å². The minimum atomic E-state index is -0.118. The summed E-state index contributed by atoms with van der Waals surface area (Å²) >= 11 is 0. The van der Waals surface area contributed by atoms with E-state index in [-0.39, 0.29) is 10.8 Å². The summed E-state index contributed by atoms with van der Waals surface area (Å²) in [6.45, 7) is 7.03. The zero-order chi connectivity index (χ0) is 16.7. The molecular weight excluding hydrogens is 284 g/mol. The molecule has 1 saturated carbocycles. The number of benzene rings is 2. The van der Waals surface area contributed by atoms with Crippen LogP contribution in [0.5, 0.6) is 11.5 Å². The van der Waals surface area contributed by atoms with Crippen molar-refractivity contribution < 1.29 is 10.2 Å². The molecule has 122 valence electrons. The lowest BCUT2D eigenvalue weighted by Crippen LogP contribution is -2.50. The summed E-state index contributed by atoms with van der Waals surface area (Å²) in [5.74, 6) is 1.09. The van der Waals surface area contributed by atoms with Crippen molar-refractivity contribution in [2.45, 2.75) is 45.4 Å². The van der Waals surface area contributed by atoms with E-state index >= 15 is 0 Å². The second-order valence-corrected chi connectivity index (χ2v) is 7.58. The average molecular weight is 310 g/mol. The molecule has 0 spiro atoms. The molecule has 1 aliphatic rings. The van der Waals surface area contributed by atoms with Crippen molar-refractivity contribution in [3.05, 3.63) is 59.7 Å². The lowest BCUT2D eigenvalue weighted by molar-refractivity contribution is 0.0742. The van der Waals surface area contributed by atoms with Crippen LogP contribution in [0.3, 0.4) is 0 Å². The molecule has 2 aromatic carbocycles. The quantitative estimate of drug-likeness (QED) is 0.797. The van der Waals surface area contributed by atoms with E-state index in [4.69, 9.17) is 0 Å². The zero-order valence-corrected chi connectivity index (χ0v) is 14.2. The van der Waals surface area contributed by atoms with Crippen LogP contribution in [0.1, 0.15) is 51.2 Å². The van der Waals surface area contributed by atoms with Gasteiger partial charge in [0.1, 0.15) is 11.5 Å². The third kappa shape index (κ3) is 2.41. The summed E-state index contributed by atoms with van der Waals surface area (Å²) in [6.07, 6.45) is 3.59. The van der Waals surface area contributed by atoms with Crippen LogP contribution in [-0.2, 0) is 5.41 Å². The molecule has 23 heavy (non-hydrogen) atoms. The molecule has 1 atom stereocenters. The van der Waals surface area contributed by atoms with Crippen LogP contribution >= 0.6 is 0 Å². The first-order valence-electron chi connectivity index (χ1n) is 8.47. The maximum atomic E-state index is 9.71. The normalized spacial score (nSPS) is 22.7. The molecule has 0 saturated heterocycles. The number of phenols is 2. The van der Waals surface area contributed by atoms with Crippen LogP contribution in [0, 0.1) is 11.3 Å². The maximum absolute atomic E-state index is 9.71. The van der Waals surface area contributed by atoms with Crippen molar-refractivity contribution in [1.29, 1.82) is 0 Å².